The van der Waals surface area contributed by atoms with E-state index in [0.29, 0.717) is 28.7 Å². The Kier molecular flexibility index (Phi) is 5.48. The number of hydrogen-bond donors (Lipinski definition) is 1. The zero-order valence-corrected chi connectivity index (χ0v) is 16.1. The molecule has 2 amide bonds. The first kappa shape index (κ1) is 19.0. The Labute approximate surface area is 170 Å². The molecular weight excluding hydrogens is 395 g/mol. The van der Waals surface area contributed by atoms with Gasteiger partial charge in [-0.3, -0.25) is 14.9 Å². The third-order valence-electron chi connectivity index (χ3n) is 4.37. The smallest absolute Gasteiger partial charge is 0.264 e. The highest BCUT2D eigenvalue weighted by atomic mass is 32.1. The second-order valence-electron chi connectivity index (χ2n) is 6.41. The van der Waals surface area contributed by atoms with Crippen LogP contribution in [-0.4, -0.2) is 34.3 Å². The highest BCUT2D eigenvalue weighted by Gasteiger charge is 2.21. The molecule has 1 saturated heterocycles. The van der Waals surface area contributed by atoms with E-state index in [0.717, 1.165) is 30.2 Å². The van der Waals surface area contributed by atoms with E-state index in [9.17, 15) is 14.0 Å². The molecule has 0 saturated carbocycles. The molecule has 3 aromatic rings. The van der Waals surface area contributed by atoms with Crippen LogP contribution in [-0.2, 0) is 9.59 Å². The standard InChI is InChI=1S/C20H17FN4O3S/c21-14-5-3-13(4-6-14)19-23-20(29-24-19)22-17(26)12-28-16-9-7-15(8-10-16)25-11-1-2-18(25)27/h3-10H,1-2,11-12H2,(H,22,23,24,26). The summed E-state index contributed by atoms with van der Waals surface area (Å²) < 4.78 is 22.6. The second-order valence-corrected chi connectivity index (χ2v) is 7.16. The molecule has 2 aromatic carbocycles. The fourth-order valence-electron chi connectivity index (χ4n) is 2.94. The summed E-state index contributed by atoms with van der Waals surface area (Å²) in [5.74, 6) is 0.355. The van der Waals surface area contributed by atoms with Gasteiger partial charge in [0.25, 0.3) is 5.91 Å². The van der Waals surface area contributed by atoms with Crippen LogP contribution < -0.4 is 15.0 Å². The largest absolute Gasteiger partial charge is 0.484 e. The lowest BCUT2D eigenvalue weighted by molar-refractivity contribution is -0.118. The summed E-state index contributed by atoms with van der Waals surface area (Å²) in [7, 11) is 0. The first-order valence-electron chi connectivity index (χ1n) is 9.01. The number of halogens is 1. The number of aromatic nitrogens is 2. The second kappa shape index (κ2) is 8.36. The molecule has 0 bridgehead atoms. The SMILES string of the molecule is O=C(COc1ccc(N2CCCC2=O)cc1)Nc1nc(-c2ccc(F)cc2)ns1. The van der Waals surface area contributed by atoms with Gasteiger partial charge < -0.3 is 9.64 Å². The summed E-state index contributed by atoms with van der Waals surface area (Å²) in [4.78, 5) is 29.8. The van der Waals surface area contributed by atoms with E-state index in [1.807, 2.05) is 0 Å². The van der Waals surface area contributed by atoms with Gasteiger partial charge >= 0.3 is 0 Å². The summed E-state index contributed by atoms with van der Waals surface area (Å²) in [6.07, 6.45) is 1.44. The summed E-state index contributed by atoms with van der Waals surface area (Å²) in [6.45, 7) is 0.538. The Morgan fingerprint density at radius 2 is 1.93 bits per heavy atom. The van der Waals surface area contributed by atoms with Crippen LogP contribution in [0, 0.1) is 5.82 Å². The highest BCUT2D eigenvalue weighted by Crippen LogP contribution is 2.24. The third kappa shape index (κ3) is 4.57. The zero-order valence-electron chi connectivity index (χ0n) is 15.3. The van der Waals surface area contributed by atoms with Crippen molar-refractivity contribution in [3.8, 4) is 17.1 Å². The van der Waals surface area contributed by atoms with E-state index < -0.39 is 0 Å². The van der Waals surface area contributed by atoms with E-state index in [2.05, 4.69) is 14.7 Å². The lowest BCUT2D eigenvalue weighted by atomic mass is 10.2. The Balaban J connectivity index is 1.30. The number of carbonyl (C=O) groups is 2. The fourth-order valence-corrected chi connectivity index (χ4v) is 3.54. The van der Waals surface area contributed by atoms with Gasteiger partial charge in [-0.05, 0) is 55.0 Å². The summed E-state index contributed by atoms with van der Waals surface area (Å²) in [6, 6.07) is 12.9. The maximum Gasteiger partial charge on any atom is 0.264 e. The van der Waals surface area contributed by atoms with Crippen LogP contribution in [0.4, 0.5) is 15.2 Å². The minimum absolute atomic E-state index is 0.120. The van der Waals surface area contributed by atoms with E-state index in [1.165, 1.54) is 12.1 Å². The Hall–Kier alpha value is -3.33. The number of anilines is 2. The molecule has 2 heterocycles. The van der Waals surface area contributed by atoms with Gasteiger partial charge in [0.1, 0.15) is 11.6 Å². The van der Waals surface area contributed by atoms with Crippen molar-refractivity contribution in [3.05, 3.63) is 54.3 Å². The zero-order chi connectivity index (χ0) is 20.2. The molecule has 0 unspecified atom stereocenters. The van der Waals surface area contributed by atoms with E-state index in [-0.39, 0.29) is 24.2 Å². The fraction of sp³-hybridized carbons (Fsp3) is 0.200. The van der Waals surface area contributed by atoms with Gasteiger partial charge in [0.2, 0.25) is 11.0 Å². The van der Waals surface area contributed by atoms with Gasteiger partial charge in [-0.1, -0.05) is 0 Å². The van der Waals surface area contributed by atoms with Crippen LogP contribution in [0.25, 0.3) is 11.4 Å². The van der Waals surface area contributed by atoms with Crippen molar-refractivity contribution in [1.82, 2.24) is 9.36 Å². The molecule has 0 aliphatic carbocycles. The van der Waals surface area contributed by atoms with Crippen molar-refractivity contribution < 1.29 is 18.7 Å². The number of nitrogens with zero attached hydrogens (tertiary/aromatic N) is 3. The lowest BCUT2D eigenvalue weighted by Crippen LogP contribution is -2.23. The molecule has 1 aromatic heterocycles. The first-order chi connectivity index (χ1) is 14.1. The van der Waals surface area contributed by atoms with Gasteiger partial charge in [0, 0.05) is 35.7 Å². The quantitative estimate of drug-likeness (QED) is 0.670. The van der Waals surface area contributed by atoms with Crippen LogP contribution in [0.1, 0.15) is 12.8 Å². The van der Waals surface area contributed by atoms with Crippen LogP contribution >= 0.6 is 11.5 Å². The number of hydrogen-bond acceptors (Lipinski definition) is 6. The average molecular weight is 412 g/mol. The molecule has 1 aliphatic rings. The molecule has 0 spiro atoms. The summed E-state index contributed by atoms with van der Waals surface area (Å²) >= 11 is 1.04. The lowest BCUT2D eigenvalue weighted by Gasteiger charge is -2.16. The van der Waals surface area contributed by atoms with E-state index in [4.69, 9.17) is 4.74 Å². The van der Waals surface area contributed by atoms with Crippen molar-refractivity contribution >= 4 is 34.2 Å². The number of carbonyl (C=O) groups excluding carboxylic acids is 2. The topological polar surface area (TPSA) is 84.4 Å². The van der Waals surface area contributed by atoms with E-state index >= 15 is 0 Å². The van der Waals surface area contributed by atoms with Gasteiger partial charge in [0.15, 0.2) is 12.4 Å². The molecular formula is C20H17FN4O3S. The molecule has 29 heavy (non-hydrogen) atoms. The molecule has 9 heteroatoms. The van der Waals surface area contributed by atoms with Crippen LogP contribution in [0.3, 0.4) is 0 Å². The minimum atomic E-state index is -0.370. The summed E-state index contributed by atoms with van der Waals surface area (Å²) in [5.41, 5.74) is 1.49. The Morgan fingerprint density at radius 1 is 1.17 bits per heavy atom. The number of benzene rings is 2. The highest BCUT2D eigenvalue weighted by molar-refractivity contribution is 7.10. The van der Waals surface area contributed by atoms with Crippen molar-refractivity contribution in [2.45, 2.75) is 12.8 Å². The van der Waals surface area contributed by atoms with Crippen molar-refractivity contribution in [2.24, 2.45) is 0 Å². The van der Waals surface area contributed by atoms with Gasteiger partial charge in [-0.2, -0.15) is 9.36 Å². The van der Waals surface area contributed by atoms with Crippen molar-refractivity contribution in [1.29, 1.82) is 0 Å². The minimum Gasteiger partial charge on any atom is -0.484 e. The number of rotatable bonds is 6. The molecule has 7 nitrogen and oxygen atoms in total. The summed E-state index contributed by atoms with van der Waals surface area (Å²) in [5, 5.41) is 2.96. The van der Waals surface area contributed by atoms with Gasteiger partial charge in [-0.25, -0.2) is 4.39 Å². The van der Waals surface area contributed by atoms with Gasteiger partial charge in [0.05, 0.1) is 0 Å². The van der Waals surface area contributed by atoms with Crippen molar-refractivity contribution in [2.75, 3.05) is 23.4 Å². The molecule has 0 atom stereocenters. The normalized spacial score (nSPS) is 13.6. The average Bonchev–Trinajstić information content (AvgIpc) is 3.36. The number of nitrogens with one attached hydrogen (secondary N) is 1. The maximum absolute atomic E-state index is 13.0. The van der Waals surface area contributed by atoms with Gasteiger partial charge in [-0.15, -0.1) is 0 Å². The molecule has 148 valence electrons. The van der Waals surface area contributed by atoms with Crippen LogP contribution in [0.5, 0.6) is 5.75 Å². The predicted molar refractivity (Wildman–Crippen MR) is 107 cm³/mol. The monoisotopic (exact) mass is 412 g/mol. The van der Waals surface area contributed by atoms with Crippen LogP contribution in [0.2, 0.25) is 0 Å². The van der Waals surface area contributed by atoms with Crippen LogP contribution in [0.15, 0.2) is 48.5 Å². The van der Waals surface area contributed by atoms with Crippen molar-refractivity contribution in [3.63, 3.8) is 0 Å². The molecule has 0 radical (unpaired) electrons. The Morgan fingerprint density at radius 3 is 2.62 bits per heavy atom. The number of amides is 2. The molecule has 1 fully saturated rings. The maximum atomic E-state index is 13.0. The molecule has 4 rings (SSSR count). The third-order valence-corrected chi connectivity index (χ3v) is 5.00. The Bertz CT molecular complexity index is 1020. The molecule has 1 aliphatic heterocycles. The molecule has 1 N–H and O–H groups in total. The predicted octanol–water partition coefficient (Wildman–Crippen LogP) is 3.49. The number of ether oxygens (including phenoxy) is 1. The first-order valence-corrected chi connectivity index (χ1v) is 9.78. The van der Waals surface area contributed by atoms with E-state index in [1.54, 1.807) is 41.3 Å².